The van der Waals surface area contributed by atoms with Crippen LogP contribution in [0.1, 0.15) is 23.2 Å². The Morgan fingerprint density at radius 3 is 2.71 bits per heavy atom. The number of halogens is 1. The van der Waals surface area contributed by atoms with Gasteiger partial charge in [0.1, 0.15) is 6.10 Å². The van der Waals surface area contributed by atoms with Crippen LogP contribution in [0.4, 0.5) is 4.39 Å². The molecule has 1 aliphatic rings. The Labute approximate surface area is 98.9 Å². The summed E-state index contributed by atoms with van der Waals surface area (Å²) in [6.07, 6.45) is 1.75. The van der Waals surface area contributed by atoms with Crippen LogP contribution >= 0.6 is 0 Å². The van der Waals surface area contributed by atoms with E-state index in [4.69, 9.17) is 10.5 Å². The van der Waals surface area contributed by atoms with Gasteiger partial charge in [0.2, 0.25) is 5.91 Å². The first-order valence-corrected chi connectivity index (χ1v) is 5.63. The van der Waals surface area contributed by atoms with Crippen LogP contribution in [-0.2, 0) is 0 Å². The molecule has 0 bridgehead atoms. The average molecular weight is 238 g/mol. The Kier molecular flexibility index (Phi) is 3.58. The van der Waals surface area contributed by atoms with Gasteiger partial charge in [-0.25, -0.2) is 4.39 Å². The van der Waals surface area contributed by atoms with Crippen molar-refractivity contribution in [3.63, 3.8) is 0 Å². The van der Waals surface area contributed by atoms with Gasteiger partial charge in [0.25, 0.3) is 0 Å². The van der Waals surface area contributed by atoms with Crippen molar-refractivity contribution in [2.75, 3.05) is 13.1 Å². The molecule has 0 unspecified atom stereocenters. The van der Waals surface area contributed by atoms with Crippen LogP contribution in [0.2, 0.25) is 0 Å². The molecule has 5 heteroatoms. The lowest BCUT2D eigenvalue weighted by atomic mass is 10.1. The van der Waals surface area contributed by atoms with Crippen molar-refractivity contribution < 1.29 is 13.9 Å². The zero-order chi connectivity index (χ0) is 12.3. The van der Waals surface area contributed by atoms with Crippen LogP contribution in [0.5, 0.6) is 5.75 Å². The number of hydrogen-bond acceptors (Lipinski definition) is 3. The third-order valence-corrected chi connectivity index (χ3v) is 2.80. The maximum absolute atomic E-state index is 13.6. The highest BCUT2D eigenvalue weighted by Crippen LogP contribution is 2.21. The monoisotopic (exact) mass is 238 g/mol. The highest BCUT2D eigenvalue weighted by atomic mass is 19.1. The zero-order valence-corrected chi connectivity index (χ0v) is 9.41. The van der Waals surface area contributed by atoms with Gasteiger partial charge < -0.3 is 15.8 Å². The topological polar surface area (TPSA) is 64.4 Å². The summed E-state index contributed by atoms with van der Waals surface area (Å²) in [6.45, 7) is 1.76. The molecule has 1 heterocycles. The van der Waals surface area contributed by atoms with Gasteiger partial charge in [-0.1, -0.05) is 0 Å². The molecule has 1 aliphatic heterocycles. The van der Waals surface area contributed by atoms with E-state index in [-0.39, 0.29) is 17.4 Å². The molecule has 4 nitrogen and oxygen atoms in total. The van der Waals surface area contributed by atoms with Crippen LogP contribution in [0.25, 0.3) is 0 Å². The number of carbonyl (C=O) groups is 1. The molecule has 0 aromatic heterocycles. The summed E-state index contributed by atoms with van der Waals surface area (Å²) in [5, 5.41) is 3.20. The molecule has 92 valence electrons. The standard InChI is InChI=1S/C12H15FN2O2/c13-10-7-8(12(14)16)1-2-11(10)17-9-3-5-15-6-4-9/h1-2,7,9,15H,3-6H2,(H2,14,16). The number of nitrogens with two attached hydrogens (primary N) is 1. The summed E-state index contributed by atoms with van der Waals surface area (Å²) in [5.41, 5.74) is 5.22. The maximum atomic E-state index is 13.6. The molecule has 1 aromatic carbocycles. The van der Waals surface area contributed by atoms with E-state index in [1.807, 2.05) is 0 Å². The van der Waals surface area contributed by atoms with E-state index in [9.17, 15) is 9.18 Å². The van der Waals surface area contributed by atoms with Crippen molar-refractivity contribution in [2.24, 2.45) is 5.73 Å². The third kappa shape index (κ3) is 2.94. The van der Waals surface area contributed by atoms with Crippen molar-refractivity contribution in [1.82, 2.24) is 5.32 Å². The second-order valence-corrected chi connectivity index (χ2v) is 4.08. The second-order valence-electron chi connectivity index (χ2n) is 4.08. The predicted molar refractivity (Wildman–Crippen MR) is 61.4 cm³/mol. The highest BCUT2D eigenvalue weighted by molar-refractivity contribution is 5.92. The molecule has 0 spiro atoms. The molecule has 2 rings (SSSR count). The quantitative estimate of drug-likeness (QED) is 0.827. The summed E-state index contributed by atoms with van der Waals surface area (Å²) in [6, 6.07) is 4.04. The van der Waals surface area contributed by atoms with E-state index in [0.717, 1.165) is 32.0 Å². The minimum Gasteiger partial charge on any atom is -0.487 e. The maximum Gasteiger partial charge on any atom is 0.248 e. The normalized spacial score (nSPS) is 16.8. The predicted octanol–water partition coefficient (Wildman–Crippen LogP) is 1.06. The minimum atomic E-state index is -0.641. The molecular weight excluding hydrogens is 223 g/mol. The number of nitrogens with one attached hydrogen (secondary N) is 1. The molecule has 3 N–H and O–H groups in total. The number of amides is 1. The molecule has 1 saturated heterocycles. The summed E-state index contributed by atoms with van der Waals surface area (Å²) in [7, 11) is 0. The molecule has 0 atom stereocenters. The van der Waals surface area contributed by atoms with Crippen LogP contribution in [-0.4, -0.2) is 25.1 Å². The van der Waals surface area contributed by atoms with Crippen molar-refractivity contribution in [3.8, 4) is 5.75 Å². The average Bonchev–Trinajstić information content (AvgIpc) is 2.33. The van der Waals surface area contributed by atoms with Gasteiger partial charge in [0, 0.05) is 5.56 Å². The number of primary amides is 1. The summed E-state index contributed by atoms with van der Waals surface area (Å²) < 4.78 is 19.2. The number of rotatable bonds is 3. The molecule has 1 amide bonds. The van der Waals surface area contributed by atoms with E-state index in [2.05, 4.69) is 5.32 Å². The zero-order valence-electron chi connectivity index (χ0n) is 9.41. The number of ether oxygens (including phenoxy) is 1. The third-order valence-electron chi connectivity index (χ3n) is 2.80. The molecule has 0 radical (unpaired) electrons. The fraction of sp³-hybridized carbons (Fsp3) is 0.417. The largest absolute Gasteiger partial charge is 0.487 e. The van der Waals surface area contributed by atoms with Gasteiger partial charge in [0.05, 0.1) is 0 Å². The fourth-order valence-electron chi connectivity index (χ4n) is 1.84. The van der Waals surface area contributed by atoms with Gasteiger partial charge in [-0.3, -0.25) is 4.79 Å². The van der Waals surface area contributed by atoms with Gasteiger partial charge in [0.15, 0.2) is 11.6 Å². The number of hydrogen-bond donors (Lipinski definition) is 2. The van der Waals surface area contributed by atoms with Crippen LogP contribution in [0.3, 0.4) is 0 Å². The molecule has 0 aliphatic carbocycles. The number of benzene rings is 1. The van der Waals surface area contributed by atoms with E-state index in [1.54, 1.807) is 0 Å². The Balaban J connectivity index is 2.08. The molecule has 17 heavy (non-hydrogen) atoms. The van der Waals surface area contributed by atoms with Crippen LogP contribution in [0.15, 0.2) is 18.2 Å². The van der Waals surface area contributed by atoms with Gasteiger partial charge in [-0.05, 0) is 44.1 Å². The van der Waals surface area contributed by atoms with Crippen molar-refractivity contribution >= 4 is 5.91 Å². The minimum absolute atomic E-state index is 0.0326. The van der Waals surface area contributed by atoms with Crippen LogP contribution < -0.4 is 15.8 Å². The smallest absolute Gasteiger partial charge is 0.248 e. The molecular formula is C12H15FN2O2. The summed E-state index contributed by atoms with van der Waals surface area (Å²) in [5.74, 6) is -1.00. The Morgan fingerprint density at radius 1 is 1.41 bits per heavy atom. The lowest BCUT2D eigenvalue weighted by molar-refractivity contribution is 0.0999. The Hall–Kier alpha value is -1.62. The Morgan fingerprint density at radius 2 is 2.12 bits per heavy atom. The van der Waals surface area contributed by atoms with Crippen molar-refractivity contribution in [3.05, 3.63) is 29.6 Å². The highest BCUT2D eigenvalue weighted by Gasteiger charge is 2.16. The Bertz CT molecular complexity index is 417. The van der Waals surface area contributed by atoms with Crippen LogP contribution in [0, 0.1) is 5.82 Å². The van der Waals surface area contributed by atoms with E-state index < -0.39 is 11.7 Å². The lowest BCUT2D eigenvalue weighted by Crippen LogP contribution is -2.34. The summed E-state index contributed by atoms with van der Waals surface area (Å²) in [4.78, 5) is 10.9. The summed E-state index contributed by atoms with van der Waals surface area (Å²) >= 11 is 0. The van der Waals surface area contributed by atoms with Crippen molar-refractivity contribution in [1.29, 1.82) is 0 Å². The fourth-order valence-corrected chi connectivity index (χ4v) is 1.84. The second kappa shape index (κ2) is 5.14. The SMILES string of the molecule is NC(=O)c1ccc(OC2CCNCC2)c(F)c1. The van der Waals surface area contributed by atoms with Gasteiger partial charge >= 0.3 is 0 Å². The first-order valence-electron chi connectivity index (χ1n) is 5.63. The molecule has 0 saturated carbocycles. The first kappa shape index (κ1) is 11.9. The molecule has 1 aromatic rings. The number of piperidine rings is 1. The molecule has 1 fully saturated rings. The van der Waals surface area contributed by atoms with E-state index >= 15 is 0 Å². The van der Waals surface area contributed by atoms with Crippen molar-refractivity contribution in [2.45, 2.75) is 18.9 Å². The van der Waals surface area contributed by atoms with E-state index in [1.165, 1.54) is 12.1 Å². The number of carbonyl (C=O) groups excluding carboxylic acids is 1. The van der Waals surface area contributed by atoms with Gasteiger partial charge in [-0.15, -0.1) is 0 Å². The lowest BCUT2D eigenvalue weighted by Gasteiger charge is -2.24. The van der Waals surface area contributed by atoms with E-state index in [0.29, 0.717) is 0 Å². The van der Waals surface area contributed by atoms with Gasteiger partial charge in [-0.2, -0.15) is 0 Å². The first-order chi connectivity index (χ1) is 8.16.